The summed E-state index contributed by atoms with van der Waals surface area (Å²) in [5.41, 5.74) is 2.91. The third-order valence-corrected chi connectivity index (χ3v) is 4.37. The van der Waals surface area contributed by atoms with Crippen LogP contribution in [0.1, 0.15) is 41.1 Å². The van der Waals surface area contributed by atoms with E-state index in [0.29, 0.717) is 17.0 Å². The van der Waals surface area contributed by atoms with Crippen LogP contribution in [0.25, 0.3) is 11.3 Å². The van der Waals surface area contributed by atoms with Gasteiger partial charge in [-0.1, -0.05) is 54.5 Å². The molecule has 134 valence electrons. The second-order valence-corrected chi connectivity index (χ2v) is 6.04. The predicted molar refractivity (Wildman–Crippen MR) is 100 cm³/mol. The summed E-state index contributed by atoms with van der Waals surface area (Å²) in [6.45, 7) is 3.79. The van der Waals surface area contributed by atoms with Gasteiger partial charge in [0.25, 0.3) is 5.91 Å². The van der Waals surface area contributed by atoms with Crippen LogP contribution in [-0.4, -0.2) is 18.2 Å². The Kier molecular flexibility index (Phi) is 5.37. The lowest BCUT2D eigenvalue weighted by Crippen LogP contribution is -2.28. The van der Waals surface area contributed by atoms with Gasteiger partial charge in [0.15, 0.2) is 0 Å². The van der Waals surface area contributed by atoms with Crippen molar-refractivity contribution in [1.82, 2.24) is 10.5 Å². The maximum atomic E-state index is 13.0. The lowest BCUT2D eigenvalue weighted by atomic mass is 10.0. The molecular weight excluding hydrogens is 328 g/mol. The summed E-state index contributed by atoms with van der Waals surface area (Å²) in [5.74, 6) is 1.10. The molecule has 1 atom stereocenters. The molecule has 2 aromatic carbocycles. The smallest absolute Gasteiger partial charge is 0.257 e. The topological polar surface area (TPSA) is 64.4 Å². The van der Waals surface area contributed by atoms with Gasteiger partial charge in [0, 0.05) is 5.56 Å². The molecule has 3 rings (SSSR count). The van der Waals surface area contributed by atoms with Crippen molar-refractivity contribution in [3.63, 3.8) is 0 Å². The number of ether oxygens (including phenoxy) is 1. The number of carbonyl (C=O) groups is 1. The molecular formula is C21H22N2O3. The van der Waals surface area contributed by atoms with E-state index >= 15 is 0 Å². The van der Waals surface area contributed by atoms with Crippen molar-refractivity contribution in [2.75, 3.05) is 7.11 Å². The van der Waals surface area contributed by atoms with Gasteiger partial charge in [0.05, 0.1) is 13.2 Å². The van der Waals surface area contributed by atoms with Crippen LogP contribution < -0.4 is 10.1 Å². The maximum Gasteiger partial charge on any atom is 0.257 e. The Morgan fingerprint density at radius 2 is 1.85 bits per heavy atom. The van der Waals surface area contributed by atoms with Crippen molar-refractivity contribution in [3.8, 4) is 17.0 Å². The molecule has 0 radical (unpaired) electrons. The molecule has 5 heteroatoms. The normalized spacial score (nSPS) is 11.8. The summed E-state index contributed by atoms with van der Waals surface area (Å²) in [6.07, 6.45) is 0.767. The van der Waals surface area contributed by atoms with Crippen LogP contribution in [0.15, 0.2) is 59.1 Å². The summed E-state index contributed by atoms with van der Waals surface area (Å²) >= 11 is 0. The SMILES string of the molecule is CCC(NC(=O)c1c(-c2ccccc2)noc1C)c1ccc(OC)cc1. The van der Waals surface area contributed by atoms with Crippen LogP contribution in [0.4, 0.5) is 0 Å². The number of rotatable bonds is 6. The average molecular weight is 350 g/mol. The first-order chi connectivity index (χ1) is 12.6. The van der Waals surface area contributed by atoms with Crippen LogP contribution in [0, 0.1) is 6.92 Å². The first kappa shape index (κ1) is 17.7. The zero-order chi connectivity index (χ0) is 18.5. The zero-order valence-corrected chi connectivity index (χ0v) is 15.2. The molecule has 1 amide bonds. The Labute approximate surface area is 153 Å². The molecule has 5 nitrogen and oxygen atoms in total. The molecule has 0 aliphatic carbocycles. The van der Waals surface area contributed by atoms with Gasteiger partial charge >= 0.3 is 0 Å². The van der Waals surface area contributed by atoms with Crippen LogP contribution in [0.3, 0.4) is 0 Å². The lowest BCUT2D eigenvalue weighted by molar-refractivity contribution is 0.0934. The number of hydrogen-bond donors (Lipinski definition) is 1. The third kappa shape index (κ3) is 3.61. The summed E-state index contributed by atoms with van der Waals surface area (Å²) in [6, 6.07) is 17.2. The highest BCUT2D eigenvalue weighted by Gasteiger charge is 2.23. The van der Waals surface area contributed by atoms with Gasteiger partial charge in [-0.05, 0) is 31.0 Å². The van der Waals surface area contributed by atoms with E-state index in [1.807, 2.05) is 61.5 Å². The van der Waals surface area contributed by atoms with E-state index in [1.165, 1.54) is 0 Å². The first-order valence-electron chi connectivity index (χ1n) is 8.60. The zero-order valence-electron chi connectivity index (χ0n) is 15.2. The molecule has 0 aliphatic rings. The van der Waals surface area contributed by atoms with Gasteiger partial charge in [0.1, 0.15) is 22.8 Å². The largest absolute Gasteiger partial charge is 0.497 e. The summed E-state index contributed by atoms with van der Waals surface area (Å²) < 4.78 is 10.5. The fourth-order valence-electron chi connectivity index (χ4n) is 2.92. The molecule has 1 N–H and O–H groups in total. The van der Waals surface area contributed by atoms with E-state index < -0.39 is 0 Å². The van der Waals surface area contributed by atoms with Crippen molar-refractivity contribution in [1.29, 1.82) is 0 Å². The molecule has 0 saturated carbocycles. The Balaban J connectivity index is 1.86. The van der Waals surface area contributed by atoms with Crippen LogP contribution in [0.5, 0.6) is 5.75 Å². The number of methoxy groups -OCH3 is 1. The molecule has 0 spiro atoms. The van der Waals surface area contributed by atoms with Crippen molar-refractivity contribution in [2.24, 2.45) is 0 Å². The minimum Gasteiger partial charge on any atom is -0.497 e. The number of benzene rings is 2. The van der Waals surface area contributed by atoms with Gasteiger partial charge in [0.2, 0.25) is 0 Å². The summed E-state index contributed by atoms with van der Waals surface area (Å²) in [4.78, 5) is 13.0. The molecule has 0 bridgehead atoms. The molecule has 1 heterocycles. The molecule has 0 aliphatic heterocycles. The van der Waals surface area contributed by atoms with Gasteiger partial charge in [-0.25, -0.2) is 0 Å². The van der Waals surface area contributed by atoms with E-state index in [9.17, 15) is 4.79 Å². The maximum absolute atomic E-state index is 13.0. The number of aryl methyl sites for hydroxylation is 1. The summed E-state index contributed by atoms with van der Waals surface area (Å²) in [5, 5.41) is 7.18. The molecule has 3 aromatic rings. The minimum absolute atomic E-state index is 0.105. The fourth-order valence-corrected chi connectivity index (χ4v) is 2.92. The number of amides is 1. The van der Waals surface area contributed by atoms with Crippen molar-refractivity contribution in [2.45, 2.75) is 26.3 Å². The quantitative estimate of drug-likeness (QED) is 0.709. The van der Waals surface area contributed by atoms with Crippen molar-refractivity contribution < 1.29 is 14.1 Å². The Hall–Kier alpha value is -3.08. The highest BCUT2D eigenvalue weighted by molar-refractivity contribution is 6.01. The van der Waals surface area contributed by atoms with E-state index in [-0.39, 0.29) is 11.9 Å². The van der Waals surface area contributed by atoms with Crippen LogP contribution >= 0.6 is 0 Å². The highest BCUT2D eigenvalue weighted by atomic mass is 16.5. The van der Waals surface area contributed by atoms with E-state index in [4.69, 9.17) is 9.26 Å². The number of nitrogens with one attached hydrogen (secondary N) is 1. The predicted octanol–water partition coefficient (Wildman–Crippen LogP) is 4.54. The Morgan fingerprint density at radius 1 is 1.15 bits per heavy atom. The number of nitrogens with zero attached hydrogens (tertiary/aromatic N) is 1. The minimum atomic E-state index is -0.190. The average Bonchev–Trinajstić information content (AvgIpc) is 3.08. The second kappa shape index (κ2) is 7.87. The van der Waals surface area contributed by atoms with Crippen molar-refractivity contribution in [3.05, 3.63) is 71.5 Å². The second-order valence-electron chi connectivity index (χ2n) is 6.04. The van der Waals surface area contributed by atoms with Crippen LogP contribution in [0.2, 0.25) is 0 Å². The van der Waals surface area contributed by atoms with Crippen molar-refractivity contribution >= 4 is 5.91 Å². The van der Waals surface area contributed by atoms with Gasteiger partial charge in [-0.2, -0.15) is 0 Å². The number of hydrogen-bond acceptors (Lipinski definition) is 4. The standard InChI is InChI=1S/C21H22N2O3/c1-4-18(15-10-12-17(25-3)13-11-15)22-21(24)19-14(2)26-23-20(19)16-8-6-5-7-9-16/h5-13,18H,4H2,1-3H3,(H,22,24). The molecule has 0 fully saturated rings. The van der Waals surface area contributed by atoms with Gasteiger partial charge < -0.3 is 14.6 Å². The Bertz CT molecular complexity index is 870. The van der Waals surface area contributed by atoms with E-state index in [1.54, 1.807) is 14.0 Å². The van der Waals surface area contributed by atoms with E-state index in [2.05, 4.69) is 10.5 Å². The van der Waals surface area contributed by atoms with E-state index in [0.717, 1.165) is 23.3 Å². The molecule has 1 aromatic heterocycles. The third-order valence-electron chi connectivity index (χ3n) is 4.37. The van der Waals surface area contributed by atoms with Gasteiger partial charge in [-0.15, -0.1) is 0 Å². The molecule has 0 saturated heterocycles. The molecule has 26 heavy (non-hydrogen) atoms. The van der Waals surface area contributed by atoms with Crippen LogP contribution in [-0.2, 0) is 0 Å². The monoisotopic (exact) mass is 350 g/mol. The lowest BCUT2D eigenvalue weighted by Gasteiger charge is -2.18. The first-order valence-corrected chi connectivity index (χ1v) is 8.60. The number of aromatic nitrogens is 1. The number of carbonyl (C=O) groups excluding carboxylic acids is 1. The summed E-state index contributed by atoms with van der Waals surface area (Å²) in [7, 11) is 1.63. The highest BCUT2D eigenvalue weighted by Crippen LogP contribution is 2.26. The fraction of sp³-hybridized carbons (Fsp3) is 0.238. The van der Waals surface area contributed by atoms with Gasteiger partial charge in [-0.3, -0.25) is 4.79 Å². The Morgan fingerprint density at radius 3 is 2.46 bits per heavy atom. The molecule has 1 unspecified atom stereocenters.